The first-order chi connectivity index (χ1) is 8.97. The van der Waals surface area contributed by atoms with Crippen LogP contribution in [0.15, 0.2) is 6.20 Å². The van der Waals surface area contributed by atoms with Crippen molar-refractivity contribution >= 4 is 11.9 Å². The molecule has 0 bridgehead atoms. The number of carbonyl (C=O) groups excluding carboxylic acids is 1. The second-order valence-corrected chi connectivity index (χ2v) is 4.85. The van der Waals surface area contributed by atoms with E-state index in [1.54, 1.807) is 4.90 Å². The summed E-state index contributed by atoms with van der Waals surface area (Å²) in [4.78, 5) is 26.6. The standard InChI is InChI=1S/C11H17N5O3/c1-14(2)8-3-4-15(5-8)10(17)7-16-6-9(11(18)19)12-13-16/h6,8H,3-5,7H2,1-2H3,(H,18,19). The zero-order valence-electron chi connectivity index (χ0n) is 11.0. The van der Waals surface area contributed by atoms with Gasteiger partial charge in [0.1, 0.15) is 6.54 Å². The average Bonchev–Trinajstić information content (AvgIpc) is 2.96. The molecule has 1 aromatic heterocycles. The van der Waals surface area contributed by atoms with Gasteiger partial charge in [-0.3, -0.25) is 4.79 Å². The molecule has 1 amide bonds. The minimum absolute atomic E-state index is 0.0282. The molecule has 0 aliphatic carbocycles. The van der Waals surface area contributed by atoms with Gasteiger partial charge in [0.15, 0.2) is 5.69 Å². The van der Waals surface area contributed by atoms with Gasteiger partial charge >= 0.3 is 5.97 Å². The first-order valence-electron chi connectivity index (χ1n) is 6.05. The largest absolute Gasteiger partial charge is 0.476 e. The third kappa shape index (κ3) is 3.08. The Labute approximate surface area is 110 Å². The zero-order valence-corrected chi connectivity index (χ0v) is 11.0. The molecule has 8 heteroatoms. The Morgan fingerprint density at radius 3 is 2.79 bits per heavy atom. The fourth-order valence-corrected chi connectivity index (χ4v) is 2.10. The van der Waals surface area contributed by atoms with Crippen LogP contribution in [0.3, 0.4) is 0 Å². The normalized spacial score (nSPS) is 19.1. The number of likely N-dealkylation sites (N-methyl/N-ethyl adjacent to an activating group) is 1. The third-order valence-electron chi connectivity index (χ3n) is 3.30. The van der Waals surface area contributed by atoms with Gasteiger partial charge in [0.2, 0.25) is 5.91 Å². The van der Waals surface area contributed by atoms with Crippen LogP contribution < -0.4 is 0 Å². The highest BCUT2D eigenvalue weighted by Gasteiger charge is 2.27. The van der Waals surface area contributed by atoms with Crippen molar-refractivity contribution in [2.75, 3.05) is 27.2 Å². The summed E-state index contributed by atoms with van der Waals surface area (Å²) in [6.45, 7) is 1.45. The van der Waals surface area contributed by atoms with Gasteiger partial charge < -0.3 is 14.9 Å². The maximum absolute atomic E-state index is 12.0. The second-order valence-electron chi connectivity index (χ2n) is 4.85. The van der Waals surface area contributed by atoms with Gasteiger partial charge in [0, 0.05) is 19.1 Å². The Hall–Kier alpha value is -1.96. The van der Waals surface area contributed by atoms with Gasteiger partial charge in [-0.2, -0.15) is 0 Å². The number of amides is 1. The van der Waals surface area contributed by atoms with Crippen LogP contribution in [-0.2, 0) is 11.3 Å². The number of carbonyl (C=O) groups is 2. The van der Waals surface area contributed by atoms with Gasteiger partial charge in [-0.15, -0.1) is 5.10 Å². The Morgan fingerprint density at radius 1 is 1.53 bits per heavy atom. The minimum Gasteiger partial charge on any atom is -0.476 e. The Kier molecular flexibility index (Phi) is 3.79. The van der Waals surface area contributed by atoms with E-state index in [1.165, 1.54) is 10.9 Å². The molecule has 1 atom stereocenters. The summed E-state index contributed by atoms with van der Waals surface area (Å²) < 4.78 is 1.26. The summed E-state index contributed by atoms with van der Waals surface area (Å²) in [7, 11) is 3.99. The monoisotopic (exact) mass is 267 g/mol. The van der Waals surface area contributed by atoms with Gasteiger partial charge in [-0.05, 0) is 20.5 Å². The quantitative estimate of drug-likeness (QED) is 0.763. The van der Waals surface area contributed by atoms with Gasteiger partial charge in [0.05, 0.1) is 6.20 Å². The number of rotatable bonds is 4. The molecule has 1 N–H and O–H groups in total. The van der Waals surface area contributed by atoms with E-state index in [2.05, 4.69) is 15.2 Å². The van der Waals surface area contributed by atoms with Crippen LogP contribution in [0.1, 0.15) is 16.9 Å². The van der Waals surface area contributed by atoms with E-state index >= 15 is 0 Å². The van der Waals surface area contributed by atoms with Crippen molar-refractivity contribution < 1.29 is 14.7 Å². The topological polar surface area (TPSA) is 91.6 Å². The predicted octanol–water partition coefficient (Wildman–Crippen LogP) is -0.861. The Morgan fingerprint density at radius 2 is 2.26 bits per heavy atom. The highest BCUT2D eigenvalue weighted by Crippen LogP contribution is 2.13. The van der Waals surface area contributed by atoms with Gasteiger partial charge in [-0.25, -0.2) is 9.48 Å². The van der Waals surface area contributed by atoms with E-state index in [-0.39, 0.29) is 18.1 Å². The first-order valence-corrected chi connectivity index (χ1v) is 6.05. The summed E-state index contributed by atoms with van der Waals surface area (Å²) in [6, 6.07) is 0.384. The lowest BCUT2D eigenvalue weighted by Gasteiger charge is -2.20. The summed E-state index contributed by atoms with van der Waals surface area (Å²) in [5.74, 6) is -1.21. The highest BCUT2D eigenvalue weighted by atomic mass is 16.4. The maximum Gasteiger partial charge on any atom is 0.358 e. The number of hydrogen-bond donors (Lipinski definition) is 1. The molecule has 1 saturated heterocycles. The van der Waals surface area contributed by atoms with Crippen LogP contribution >= 0.6 is 0 Å². The number of hydrogen-bond acceptors (Lipinski definition) is 5. The SMILES string of the molecule is CN(C)C1CCN(C(=O)Cn2cc(C(=O)O)nn2)C1. The molecule has 0 spiro atoms. The van der Waals surface area contributed by atoms with Crippen molar-refractivity contribution in [3.63, 3.8) is 0 Å². The van der Waals surface area contributed by atoms with Crippen LogP contribution in [-0.4, -0.2) is 75.0 Å². The summed E-state index contributed by atoms with van der Waals surface area (Å²) in [5.41, 5.74) is -0.152. The fourth-order valence-electron chi connectivity index (χ4n) is 2.10. The smallest absolute Gasteiger partial charge is 0.358 e. The fraction of sp³-hybridized carbons (Fsp3) is 0.636. The first kappa shape index (κ1) is 13.5. The van der Waals surface area contributed by atoms with E-state index < -0.39 is 5.97 Å². The van der Waals surface area contributed by atoms with E-state index in [0.29, 0.717) is 12.6 Å². The van der Waals surface area contributed by atoms with Crippen molar-refractivity contribution in [3.8, 4) is 0 Å². The lowest BCUT2D eigenvalue weighted by molar-refractivity contribution is -0.131. The highest BCUT2D eigenvalue weighted by molar-refractivity contribution is 5.84. The second kappa shape index (κ2) is 5.35. The maximum atomic E-state index is 12.0. The number of carboxylic acids is 1. The van der Waals surface area contributed by atoms with Crippen LogP contribution in [0.2, 0.25) is 0 Å². The van der Waals surface area contributed by atoms with Gasteiger partial charge in [-0.1, -0.05) is 5.21 Å². The van der Waals surface area contributed by atoms with Gasteiger partial charge in [0.25, 0.3) is 0 Å². The minimum atomic E-state index is -1.15. The summed E-state index contributed by atoms with van der Waals surface area (Å²) >= 11 is 0. The number of likely N-dealkylation sites (tertiary alicyclic amines) is 1. The number of aromatic carboxylic acids is 1. The van der Waals surface area contributed by atoms with Crippen molar-refractivity contribution in [3.05, 3.63) is 11.9 Å². The third-order valence-corrected chi connectivity index (χ3v) is 3.30. The molecule has 2 heterocycles. The summed E-state index contributed by atoms with van der Waals surface area (Å²) in [5, 5.41) is 15.8. The van der Waals surface area contributed by atoms with E-state index in [1.807, 2.05) is 14.1 Å². The molecular formula is C11H17N5O3. The van der Waals surface area contributed by atoms with Crippen LogP contribution in [0, 0.1) is 0 Å². The van der Waals surface area contributed by atoms with Crippen LogP contribution in [0.4, 0.5) is 0 Å². The van der Waals surface area contributed by atoms with Crippen LogP contribution in [0.5, 0.6) is 0 Å². The molecular weight excluding hydrogens is 250 g/mol. The van der Waals surface area contributed by atoms with Crippen molar-refractivity contribution in [1.82, 2.24) is 24.8 Å². The van der Waals surface area contributed by atoms with Crippen LogP contribution in [0.25, 0.3) is 0 Å². The molecule has 8 nitrogen and oxygen atoms in total. The molecule has 0 saturated carbocycles. The van der Waals surface area contributed by atoms with E-state index in [4.69, 9.17) is 5.11 Å². The molecule has 1 aliphatic rings. The lowest BCUT2D eigenvalue weighted by Crippen LogP contribution is -2.36. The summed E-state index contributed by atoms with van der Waals surface area (Å²) in [6.07, 6.45) is 2.22. The Balaban J connectivity index is 1.92. The van der Waals surface area contributed by atoms with E-state index in [0.717, 1.165) is 13.0 Å². The molecule has 2 rings (SSSR count). The van der Waals surface area contributed by atoms with Crippen molar-refractivity contribution in [2.24, 2.45) is 0 Å². The predicted molar refractivity (Wildman–Crippen MR) is 65.7 cm³/mol. The number of aromatic nitrogens is 3. The molecule has 104 valence electrons. The number of nitrogens with zero attached hydrogens (tertiary/aromatic N) is 5. The van der Waals surface area contributed by atoms with Crippen molar-refractivity contribution in [2.45, 2.75) is 19.0 Å². The molecule has 0 aromatic carbocycles. The molecule has 1 aliphatic heterocycles. The zero-order chi connectivity index (χ0) is 14.0. The number of carboxylic acid groups (broad SMARTS) is 1. The van der Waals surface area contributed by atoms with Crippen molar-refractivity contribution in [1.29, 1.82) is 0 Å². The Bertz CT molecular complexity index is 484. The molecule has 1 unspecified atom stereocenters. The average molecular weight is 267 g/mol. The van der Waals surface area contributed by atoms with E-state index in [9.17, 15) is 9.59 Å². The lowest BCUT2D eigenvalue weighted by atomic mass is 10.2. The molecule has 1 fully saturated rings. The molecule has 0 radical (unpaired) electrons. The molecule has 1 aromatic rings. The molecule has 19 heavy (non-hydrogen) atoms.